The molecule has 0 bridgehead atoms. The Hall–Kier alpha value is -1.15. The van der Waals surface area contributed by atoms with E-state index < -0.39 is 0 Å². The van der Waals surface area contributed by atoms with Gasteiger partial charge in [0.2, 0.25) is 0 Å². The van der Waals surface area contributed by atoms with Gasteiger partial charge in [-0.2, -0.15) is 0 Å². The number of morpholine rings is 1. The highest BCUT2D eigenvalue weighted by molar-refractivity contribution is 7.10. The fraction of sp³-hybridized carbons (Fsp3) is 0.722. The zero-order valence-electron chi connectivity index (χ0n) is 15.7. The van der Waals surface area contributed by atoms with Crippen molar-refractivity contribution in [2.24, 2.45) is 4.99 Å². The maximum absolute atomic E-state index is 5.70. The zero-order chi connectivity index (χ0) is 17.9. The van der Waals surface area contributed by atoms with Crippen molar-refractivity contribution in [2.75, 3.05) is 53.0 Å². The molecule has 2 N–H and O–H groups in total. The molecule has 0 amide bonds. The lowest BCUT2D eigenvalue weighted by Crippen LogP contribution is -2.48. The third-order valence-corrected chi connectivity index (χ3v) is 5.21. The number of hydrogen-bond donors (Lipinski definition) is 2. The van der Waals surface area contributed by atoms with Crippen LogP contribution in [0.2, 0.25) is 0 Å². The molecule has 2 atom stereocenters. The van der Waals surface area contributed by atoms with Crippen LogP contribution in [0, 0.1) is 0 Å². The van der Waals surface area contributed by atoms with E-state index >= 15 is 0 Å². The minimum atomic E-state index is 0.284. The molecule has 2 heterocycles. The number of guanidine groups is 1. The Morgan fingerprint density at radius 3 is 3.08 bits per heavy atom. The summed E-state index contributed by atoms with van der Waals surface area (Å²) in [5.41, 5.74) is 0. The van der Waals surface area contributed by atoms with Crippen LogP contribution < -0.4 is 10.6 Å². The average Bonchev–Trinajstić information content (AvgIpc) is 3.14. The first-order chi connectivity index (χ1) is 12.2. The second-order valence-electron chi connectivity index (χ2n) is 6.14. The number of ether oxygens (including phenoxy) is 2. The minimum absolute atomic E-state index is 0.284. The largest absolute Gasteiger partial charge is 0.382 e. The Morgan fingerprint density at radius 2 is 2.40 bits per heavy atom. The Balaban J connectivity index is 1.86. The van der Waals surface area contributed by atoms with Crippen molar-refractivity contribution in [3.05, 3.63) is 22.4 Å². The number of nitrogens with zero attached hydrogens (tertiary/aromatic N) is 2. The topological polar surface area (TPSA) is 58.1 Å². The van der Waals surface area contributed by atoms with Crippen molar-refractivity contribution in [1.82, 2.24) is 15.5 Å². The summed E-state index contributed by atoms with van der Waals surface area (Å²) in [5.74, 6) is 0.847. The first-order valence-electron chi connectivity index (χ1n) is 9.16. The van der Waals surface area contributed by atoms with E-state index in [1.54, 1.807) is 0 Å². The summed E-state index contributed by atoms with van der Waals surface area (Å²) >= 11 is 1.81. The van der Waals surface area contributed by atoms with Crippen LogP contribution in [-0.2, 0) is 9.47 Å². The minimum Gasteiger partial charge on any atom is -0.382 e. The summed E-state index contributed by atoms with van der Waals surface area (Å²) in [7, 11) is 1.81. The Labute approximate surface area is 155 Å². The number of thiophene rings is 1. The van der Waals surface area contributed by atoms with Gasteiger partial charge in [0.1, 0.15) is 0 Å². The van der Waals surface area contributed by atoms with Gasteiger partial charge in [-0.3, -0.25) is 9.89 Å². The van der Waals surface area contributed by atoms with Crippen LogP contribution >= 0.6 is 11.3 Å². The van der Waals surface area contributed by atoms with Crippen LogP contribution in [0.5, 0.6) is 0 Å². The van der Waals surface area contributed by atoms with Gasteiger partial charge in [0.25, 0.3) is 0 Å². The third kappa shape index (κ3) is 6.93. The summed E-state index contributed by atoms with van der Waals surface area (Å²) in [6.07, 6.45) is 1.26. The maximum Gasteiger partial charge on any atom is 0.191 e. The molecule has 1 aromatic rings. The highest BCUT2D eigenvalue weighted by Gasteiger charge is 2.26. The summed E-state index contributed by atoms with van der Waals surface area (Å²) < 4.78 is 11.1. The van der Waals surface area contributed by atoms with Crippen molar-refractivity contribution in [3.8, 4) is 0 Å². The maximum atomic E-state index is 5.70. The highest BCUT2D eigenvalue weighted by atomic mass is 32.1. The Morgan fingerprint density at radius 1 is 1.52 bits per heavy atom. The molecule has 25 heavy (non-hydrogen) atoms. The molecule has 142 valence electrons. The van der Waals surface area contributed by atoms with Crippen LogP contribution in [0.15, 0.2) is 22.5 Å². The van der Waals surface area contributed by atoms with Crippen molar-refractivity contribution >= 4 is 17.3 Å². The van der Waals surface area contributed by atoms with Crippen LogP contribution in [0.4, 0.5) is 0 Å². The van der Waals surface area contributed by atoms with Gasteiger partial charge in [-0.1, -0.05) is 6.07 Å². The lowest BCUT2D eigenvalue weighted by molar-refractivity contribution is -0.0334. The lowest BCUT2D eigenvalue weighted by atomic mass is 10.1. The second kappa shape index (κ2) is 11.5. The molecule has 0 radical (unpaired) electrons. The molecule has 1 fully saturated rings. The van der Waals surface area contributed by atoms with Crippen LogP contribution in [0.1, 0.15) is 31.2 Å². The second-order valence-corrected chi connectivity index (χ2v) is 7.12. The van der Waals surface area contributed by atoms with Crippen molar-refractivity contribution < 1.29 is 9.47 Å². The van der Waals surface area contributed by atoms with Gasteiger partial charge in [-0.15, -0.1) is 11.3 Å². The van der Waals surface area contributed by atoms with E-state index in [0.717, 1.165) is 58.4 Å². The van der Waals surface area contributed by atoms with E-state index in [-0.39, 0.29) is 6.10 Å². The van der Waals surface area contributed by atoms with E-state index in [1.165, 1.54) is 4.88 Å². The summed E-state index contributed by atoms with van der Waals surface area (Å²) in [4.78, 5) is 8.23. The molecule has 0 saturated carbocycles. The van der Waals surface area contributed by atoms with Gasteiger partial charge in [0.15, 0.2) is 5.96 Å². The molecule has 0 aliphatic carbocycles. The number of rotatable bonds is 9. The van der Waals surface area contributed by atoms with E-state index in [0.29, 0.717) is 6.04 Å². The predicted octanol–water partition coefficient (Wildman–Crippen LogP) is 2.10. The molecule has 2 rings (SSSR count). The predicted molar refractivity (Wildman–Crippen MR) is 105 cm³/mol. The monoisotopic (exact) mass is 368 g/mol. The van der Waals surface area contributed by atoms with Crippen LogP contribution in [-0.4, -0.2) is 70.0 Å². The molecule has 1 aromatic heterocycles. The number of hydrogen-bond acceptors (Lipinski definition) is 5. The summed E-state index contributed by atoms with van der Waals surface area (Å²) in [6, 6.07) is 4.68. The first-order valence-corrected chi connectivity index (χ1v) is 10.0. The van der Waals surface area contributed by atoms with Crippen LogP contribution in [0.25, 0.3) is 0 Å². The molecule has 7 heteroatoms. The van der Waals surface area contributed by atoms with E-state index in [9.17, 15) is 0 Å². The molecule has 6 nitrogen and oxygen atoms in total. The van der Waals surface area contributed by atoms with Gasteiger partial charge < -0.3 is 20.1 Å². The quantitative estimate of drug-likeness (QED) is 0.397. The molecule has 2 unspecified atom stereocenters. The first kappa shape index (κ1) is 20.2. The Bertz CT molecular complexity index is 495. The fourth-order valence-corrected chi connectivity index (χ4v) is 3.82. The standard InChI is InChI=1S/C18H32N4O2S/c1-4-23-10-6-8-20-18(19-3)21-13-16(17-7-5-12-25-17)22-9-11-24-15(2)14-22/h5,7,12,15-16H,4,6,8-11,13-14H2,1-3H3,(H2,19,20,21). The van der Waals surface area contributed by atoms with Gasteiger partial charge in [-0.25, -0.2) is 0 Å². The molecular formula is C18H32N4O2S. The molecule has 1 aliphatic heterocycles. The highest BCUT2D eigenvalue weighted by Crippen LogP contribution is 2.26. The smallest absolute Gasteiger partial charge is 0.191 e. The van der Waals surface area contributed by atoms with Gasteiger partial charge in [0, 0.05) is 51.3 Å². The lowest BCUT2D eigenvalue weighted by Gasteiger charge is -2.37. The number of aliphatic imine (C=N–C) groups is 1. The van der Waals surface area contributed by atoms with Crippen molar-refractivity contribution in [1.29, 1.82) is 0 Å². The molecule has 1 saturated heterocycles. The third-order valence-electron chi connectivity index (χ3n) is 4.23. The molecule has 0 aromatic carbocycles. The normalized spacial score (nSPS) is 20.4. The average molecular weight is 369 g/mol. The molecular weight excluding hydrogens is 336 g/mol. The van der Waals surface area contributed by atoms with Gasteiger partial charge >= 0.3 is 0 Å². The molecule has 1 aliphatic rings. The summed E-state index contributed by atoms with van der Waals surface area (Å²) in [5, 5.41) is 8.99. The van der Waals surface area contributed by atoms with Crippen molar-refractivity contribution in [3.63, 3.8) is 0 Å². The van der Waals surface area contributed by atoms with E-state index in [4.69, 9.17) is 9.47 Å². The fourth-order valence-electron chi connectivity index (χ4n) is 2.96. The van der Waals surface area contributed by atoms with E-state index in [2.05, 4.69) is 45.0 Å². The van der Waals surface area contributed by atoms with Gasteiger partial charge in [0.05, 0.1) is 18.8 Å². The van der Waals surface area contributed by atoms with Crippen LogP contribution in [0.3, 0.4) is 0 Å². The zero-order valence-corrected chi connectivity index (χ0v) is 16.5. The van der Waals surface area contributed by atoms with Crippen molar-refractivity contribution in [2.45, 2.75) is 32.4 Å². The SMILES string of the molecule is CCOCCCNC(=NC)NCC(c1cccs1)N1CCOC(C)C1. The molecule has 0 spiro atoms. The summed E-state index contributed by atoms with van der Waals surface area (Å²) in [6.45, 7) is 10.1. The number of nitrogens with one attached hydrogen (secondary N) is 2. The Kier molecular flexibility index (Phi) is 9.25. The van der Waals surface area contributed by atoms with E-state index in [1.807, 2.05) is 25.3 Å². The van der Waals surface area contributed by atoms with Gasteiger partial charge in [-0.05, 0) is 31.7 Å².